The highest BCUT2D eigenvalue weighted by atomic mass is 16.5. The molecule has 1 atom stereocenters. The number of benzene rings is 1. The quantitative estimate of drug-likeness (QED) is 0.748. The molecule has 1 unspecified atom stereocenters. The van der Waals surface area contributed by atoms with Gasteiger partial charge in [0.25, 0.3) is 5.91 Å². The Bertz CT molecular complexity index is 480. The minimum absolute atomic E-state index is 0.0832. The highest BCUT2D eigenvalue weighted by molar-refractivity contribution is 5.94. The number of hydrogen-bond donors (Lipinski definition) is 2. The number of amides is 1. The molecule has 1 amide bonds. The smallest absolute Gasteiger partial charge is 0.251 e. The van der Waals surface area contributed by atoms with Gasteiger partial charge in [-0.15, -0.1) is 0 Å². The molecule has 0 bridgehead atoms. The molecule has 1 aliphatic rings. The number of carbonyl (C=O) groups excluding carboxylic acids is 1. The summed E-state index contributed by atoms with van der Waals surface area (Å²) in [4.78, 5) is 12.3. The van der Waals surface area contributed by atoms with Gasteiger partial charge in [0.2, 0.25) is 0 Å². The van der Waals surface area contributed by atoms with Crippen LogP contribution >= 0.6 is 0 Å². The molecule has 0 aliphatic heterocycles. The third-order valence-corrected chi connectivity index (χ3v) is 3.79. The first-order valence-corrected chi connectivity index (χ1v) is 6.95. The van der Waals surface area contributed by atoms with Crippen LogP contribution in [-0.2, 0) is 0 Å². The normalized spacial score (nSPS) is 17.1. The van der Waals surface area contributed by atoms with Gasteiger partial charge in [-0.25, -0.2) is 0 Å². The van der Waals surface area contributed by atoms with Gasteiger partial charge in [0.05, 0.1) is 5.54 Å². The monoisotopic (exact) mass is 274 g/mol. The number of carbonyl (C=O) groups is 1. The van der Waals surface area contributed by atoms with Crippen molar-refractivity contribution in [1.29, 1.82) is 0 Å². The summed E-state index contributed by atoms with van der Waals surface area (Å²) < 4.78 is 5.39. The zero-order chi connectivity index (χ0) is 14.6. The van der Waals surface area contributed by atoms with E-state index >= 15 is 0 Å². The maximum atomic E-state index is 12.3. The van der Waals surface area contributed by atoms with Crippen molar-refractivity contribution < 1.29 is 9.53 Å². The summed E-state index contributed by atoms with van der Waals surface area (Å²) in [5.74, 6) is 1.15. The van der Waals surface area contributed by atoms with Crippen LogP contribution in [0.15, 0.2) is 36.9 Å². The van der Waals surface area contributed by atoms with Gasteiger partial charge in [-0.1, -0.05) is 12.7 Å². The third-order valence-electron chi connectivity index (χ3n) is 3.79. The van der Waals surface area contributed by atoms with Gasteiger partial charge in [0.1, 0.15) is 12.4 Å². The molecule has 1 aromatic rings. The predicted octanol–water partition coefficient (Wildman–Crippen LogP) is 2.11. The largest absolute Gasteiger partial charge is 0.490 e. The molecule has 2 rings (SSSR count). The molecule has 1 aromatic carbocycles. The lowest BCUT2D eigenvalue weighted by Crippen LogP contribution is -2.53. The fraction of sp³-hybridized carbons (Fsp3) is 0.438. The van der Waals surface area contributed by atoms with E-state index in [0.717, 1.165) is 18.6 Å². The van der Waals surface area contributed by atoms with Crippen LogP contribution in [0.1, 0.15) is 30.1 Å². The Hall–Kier alpha value is -1.81. The Morgan fingerprint density at radius 2 is 2.15 bits per heavy atom. The van der Waals surface area contributed by atoms with Gasteiger partial charge in [-0.3, -0.25) is 4.79 Å². The molecule has 4 nitrogen and oxygen atoms in total. The Morgan fingerprint density at radius 3 is 2.65 bits per heavy atom. The zero-order valence-corrected chi connectivity index (χ0v) is 11.9. The molecule has 0 heterocycles. The molecule has 3 N–H and O–H groups in total. The van der Waals surface area contributed by atoms with Gasteiger partial charge in [0, 0.05) is 12.1 Å². The number of ether oxygens (including phenoxy) is 1. The second kappa shape index (κ2) is 6.09. The summed E-state index contributed by atoms with van der Waals surface area (Å²) in [6.45, 7) is 6.53. The van der Waals surface area contributed by atoms with Crippen LogP contribution < -0.4 is 15.8 Å². The van der Waals surface area contributed by atoms with Crippen molar-refractivity contribution in [1.82, 2.24) is 5.32 Å². The van der Waals surface area contributed by atoms with Crippen molar-refractivity contribution in [2.24, 2.45) is 11.7 Å². The molecule has 0 radical (unpaired) electrons. The van der Waals surface area contributed by atoms with E-state index in [1.54, 1.807) is 30.3 Å². The number of rotatable bonds is 7. The SMILES string of the molecule is C=CCOc1ccc(C(=O)NC(C)(CN)C2CC2)cc1. The average molecular weight is 274 g/mol. The second-order valence-electron chi connectivity index (χ2n) is 5.47. The topological polar surface area (TPSA) is 64.3 Å². The molecule has 1 aliphatic carbocycles. The van der Waals surface area contributed by atoms with Crippen molar-refractivity contribution in [2.75, 3.05) is 13.2 Å². The lowest BCUT2D eigenvalue weighted by molar-refractivity contribution is 0.0898. The van der Waals surface area contributed by atoms with E-state index in [1.807, 2.05) is 6.92 Å². The Kier molecular flexibility index (Phi) is 4.45. The summed E-state index contributed by atoms with van der Waals surface area (Å²) in [7, 11) is 0. The van der Waals surface area contributed by atoms with Gasteiger partial charge in [-0.2, -0.15) is 0 Å². The standard InChI is InChI=1S/C16H22N2O2/c1-3-10-20-14-8-4-12(5-9-14)15(19)18-16(2,11-17)13-6-7-13/h3-5,8-9,13H,1,6-7,10-11,17H2,2H3,(H,18,19). The molecule has 1 fully saturated rings. The van der Waals surface area contributed by atoms with E-state index in [2.05, 4.69) is 11.9 Å². The van der Waals surface area contributed by atoms with Crippen molar-refractivity contribution in [2.45, 2.75) is 25.3 Å². The molecule has 0 spiro atoms. The van der Waals surface area contributed by atoms with Gasteiger partial charge < -0.3 is 15.8 Å². The molecule has 4 heteroatoms. The van der Waals surface area contributed by atoms with Crippen molar-refractivity contribution in [3.05, 3.63) is 42.5 Å². The Balaban J connectivity index is 1.99. The molecule has 0 aromatic heterocycles. The Labute approximate surface area is 120 Å². The summed E-state index contributed by atoms with van der Waals surface area (Å²) in [5.41, 5.74) is 6.13. The van der Waals surface area contributed by atoms with E-state index in [1.165, 1.54) is 0 Å². The minimum Gasteiger partial charge on any atom is -0.490 e. The molecule has 20 heavy (non-hydrogen) atoms. The van der Waals surface area contributed by atoms with E-state index < -0.39 is 0 Å². The fourth-order valence-corrected chi connectivity index (χ4v) is 2.23. The van der Waals surface area contributed by atoms with Crippen LogP contribution in [0.25, 0.3) is 0 Å². The van der Waals surface area contributed by atoms with Gasteiger partial charge in [-0.05, 0) is 49.9 Å². The van der Waals surface area contributed by atoms with Crippen molar-refractivity contribution in [3.8, 4) is 5.75 Å². The molecule has 108 valence electrons. The van der Waals surface area contributed by atoms with Crippen LogP contribution in [0.4, 0.5) is 0 Å². The Morgan fingerprint density at radius 1 is 1.50 bits per heavy atom. The second-order valence-corrected chi connectivity index (χ2v) is 5.47. The fourth-order valence-electron chi connectivity index (χ4n) is 2.23. The first-order valence-electron chi connectivity index (χ1n) is 6.95. The highest BCUT2D eigenvalue weighted by Gasteiger charge is 2.41. The lowest BCUT2D eigenvalue weighted by Gasteiger charge is -2.29. The molecule has 0 saturated heterocycles. The zero-order valence-electron chi connectivity index (χ0n) is 11.9. The lowest BCUT2D eigenvalue weighted by atomic mass is 9.95. The maximum Gasteiger partial charge on any atom is 0.251 e. The summed E-state index contributed by atoms with van der Waals surface area (Å²) in [6.07, 6.45) is 3.97. The van der Waals surface area contributed by atoms with Crippen LogP contribution in [-0.4, -0.2) is 24.6 Å². The van der Waals surface area contributed by atoms with Crippen LogP contribution in [0, 0.1) is 5.92 Å². The highest BCUT2D eigenvalue weighted by Crippen LogP contribution is 2.39. The van der Waals surface area contributed by atoms with Crippen molar-refractivity contribution in [3.63, 3.8) is 0 Å². The van der Waals surface area contributed by atoms with Crippen molar-refractivity contribution >= 4 is 5.91 Å². The molecular formula is C16H22N2O2. The van der Waals surface area contributed by atoms with E-state index in [9.17, 15) is 4.79 Å². The summed E-state index contributed by atoms with van der Waals surface area (Å²) in [6, 6.07) is 7.10. The minimum atomic E-state index is -0.297. The van der Waals surface area contributed by atoms with E-state index in [-0.39, 0.29) is 11.4 Å². The van der Waals surface area contributed by atoms with E-state index in [4.69, 9.17) is 10.5 Å². The predicted molar refractivity (Wildman–Crippen MR) is 79.8 cm³/mol. The summed E-state index contributed by atoms with van der Waals surface area (Å²) in [5, 5.41) is 3.06. The number of nitrogens with one attached hydrogen (secondary N) is 1. The number of nitrogens with two attached hydrogens (primary N) is 1. The van der Waals surface area contributed by atoms with Crippen LogP contribution in [0.5, 0.6) is 5.75 Å². The third kappa shape index (κ3) is 3.39. The van der Waals surface area contributed by atoms with E-state index in [0.29, 0.717) is 24.6 Å². The maximum absolute atomic E-state index is 12.3. The molecule has 1 saturated carbocycles. The van der Waals surface area contributed by atoms with Crippen LogP contribution in [0.3, 0.4) is 0 Å². The first-order chi connectivity index (χ1) is 9.59. The number of hydrogen-bond acceptors (Lipinski definition) is 3. The summed E-state index contributed by atoms with van der Waals surface area (Å²) >= 11 is 0. The first kappa shape index (κ1) is 14.6. The van der Waals surface area contributed by atoms with Gasteiger partial charge in [0.15, 0.2) is 0 Å². The average Bonchev–Trinajstić information content (AvgIpc) is 3.30. The molecular weight excluding hydrogens is 252 g/mol. The van der Waals surface area contributed by atoms with Gasteiger partial charge >= 0.3 is 0 Å². The van der Waals surface area contributed by atoms with Crippen LogP contribution in [0.2, 0.25) is 0 Å².